The van der Waals surface area contributed by atoms with Crippen LogP contribution in [0, 0.1) is 25.4 Å². The number of rotatable bonds is 3. The van der Waals surface area contributed by atoms with Gasteiger partial charge in [0.2, 0.25) is 0 Å². The Balaban J connectivity index is 3.27. The van der Waals surface area contributed by atoms with Gasteiger partial charge < -0.3 is 10.7 Å². The third-order valence-electron chi connectivity index (χ3n) is 1.50. The number of anilines is 1. The third kappa shape index (κ3) is 1.75. The first kappa shape index (κ1) is 9.86. The van der Waals surface area contributed by atoms with Crippen LogP contribution in [0.3, 0.4) is 0 Å². The predicted octanol–water partition coefficient (Wildman–Crippen LogP) is 1.41. The second kappa shape index (κ2) is 3.66. The van der Waals surface area contributed by atoms with Crippen molar-refractivity contribution in [3.8, 4) is 0 Å². The van der Waals surface area contributed by atoms with E-state index in [4.69, 9.17) is 0 Å². The zero-order chi connectivity index (χ0) is 10.7. The van der Waals surface area contributed by atoms with Crippen LogP contribution in [0.2, 0.25) is 0 Å². The molecule has 8 nitrogen and oxygen atoms in total. The van der Waals surface area contributed by atoms with Gasteiger partial charge in [0.25, 0.3) is 11.4 Å². The van der Waals surface area contributed by atoms with E-state index < -0.39 is 21.2 Å². The van der Waals surface area contributed by atoms with Gasteiger partial charge >= 0.3 is 0 Å². The lowest BCUT2D eigenvalue weighted by Gasteiger charge is -2.08. The monoisotopic (exact) mass is 198 g/mol. The first-order valence-electron chi connectivity index (χ1n) is 3.37. The molecule has 14 heavy (non-hydrogen) atoms. The fourth-order valence-corrected chi connectivity index (χ4v) is 0.871. The van der Waals surface area contributed by atoms with Gasteiger partial charge in [-0.2, -0.15) is 0 Å². The number of nitro groups is 2. The average Bonchev–Trinajstić information content (AvgIpc) is 2.16. The minimum absolute atomic E-state index is 0.305. The van der Waals surface area contributed by atoms with Crippen molar-refractivity contribution >= 4 is 17.1 Å². The molecule has 1 aromatic rings. The van der Waals surface area contributed by atoms with Crippen molar-refractivity contribution in [2.75, 3.05) is 5.48 Å². The van der Waals surface area contributed by atoms with E-state index in [-0.39, 0.29) is 5.69 Å². The van der Waals surface area contributed by atoms with Crippen molar-refractivity contribution < 1.29 is 9.85 Å². The van der Waals surface area contributed by atoms with Gasteiger partial charge in [0.1, 0.15) is 5.69 Å². The minimum atomic E-state index is -0.868. The Labute approximate surface area is 77.0 Å². The molecule has 0 aliphatic carbocycles. The van der Waals surface area contributed by atoms with E-state index in [0.717, 1.165) is 18.2 Å². The normalized spacial score (nSPS) is 9.50. The van der Waals surface area contributed by atoms with Gasteiger partial charge in [0.15, 0.2) is 0 Å². The summed E-state index contributed by atoms with van der Waals surface area (Å²) in [6, 6.07) is 2.72. The largest absolute Gasteiger partial charge is 0.761 e. The molecule has 1 N–H and O–H groups in total. The van der Waals surface area contributed by atoms with Crippen LogP contribution in [0.1, 0.15) is 0 Å². The average molecular weight is 198 g/mol. The highest BCUT2D eigenvalue weighted by molar-refractivity contribution is 5.65. The molecule has 0 unspecified atom stereocenters. The Morgan fingerprint density at radius 3 is 2.21 bits per heavy atom. The van der Waals surface area contributed by atoms with E-state index in [2.05, 4.69) is 0 Å². The number of benzene rings is 1. The first-order valence-corrected chi connectivity index (χ1v) is 3.37. The second-order valence-electron chi connectivity index (χ2n) is 2.32. The fourth-order valence-electron chi connectivity index (χ4n) is 0.871. The molecule has 0 spiro atoms. The molecule has 1 rings (SSSR count). The molecule has 0 saturated heterocycles. The van der Waals surface area contributed by atoms with Crippen molar-refractivity contribution in [3.05, 3.63) is 43.6 Å². The van der Waals surface area contributed by atoms with E-state index in [1.165, 1.54) is 5.48 Å². The van der Waals surface area contributed by atoms with Crippen LogP contribution in [-0.4, -0.2) is 9.85 Å². The molecule has 1 aromatic carbocycles. The molecule has 0 atom stereocenters. The Morgan fingerprint density at radius 1 is 1.14 bits per heavy atom. The predicted molar refractivity (Wildman–Crippen MR) is 46.7 cm³/mol. The van der Waals surface area contributed by atoms with Gasteiger partial charge in [-0.3, -0.25) is 20.2 Å². The molecule has 0 saturated carbocycles. The summed E-state index contributed by atoms with van der Waals surface area (Å²) >= 11 is 0. The summed E-state index contributed by atoms with van der Waals surface area (Å²) in [7, 11) is 0. The zero-order valence-corrected chi connectivity index (χ0v) is 6.67. The molecule has 0 bridgehead atoms. The number of non-ortho nitro benzene ring substituents is 1. The van der Waals surface area contributed by atoms with Crippen molar-refractivity contribution in [1.29, 1.82) is 0 Å². The van der Waals surface area contributed by atoms with Crippen molar-refractivity contribution in [1.82, 2.24) is 0 Å². The first-order chi connectivity index (χ1) is 6.56. The maximum absolute atomic E-state index is 10.4. The molecule has 74 valence electrons. The van der Waals surface area contributed by atoms with E-state index in [0.29, 0.717) is 0 Å². The lowest BCUT2D eigenvalue weighted by atomic mass is 10.2. The SMILES string of the molecule is O=[N+]([O-])c1ccc(N[O-])c([N+](=O)[O-])c1. The van der Waals surface area contributed by atoms with E-state index >= 15 is 0 Å². The van der Waals surface area contributed by atoms with Gasteiger partial charge in [0.05, 0.1) is 15.9 Å². The molecule has 0 radical (unpaired) electrons. The Morgan fingerprint density at radius 2 is 1.79 bits per heavy atom. The summed E-state index contributed by atoms with van der Waals surface area (Å²) in [5, 5.41) is 30.8. The third-order valence-corrected chi connectivity index (χ3v) is 1.50. The summed E-state index contributed by atoms with van der Waals surface area (Å²) < 4.78 is 0. The highest BCUT2D eigenvalue weighted by Gasteiger charge is 2.17. The molecule has 0 amide bonds. The summed E-state index contributed by atoms with van der Waals surface area (Å²) in [6.07, 6.45) is 0. The van der Waals surface area contributed by atoms with E-state index in [9.17, 15) is 25.4 Å². The number of nitrogens with one attached hydrogen (secondary N) is 1. The fraction of sp³-hybridized carbons (Fsp3) is 0. The molecule has 0 aromatic heterocycles. The molecular weight excluding hydrogens is 194 g/mol. The van der Waals surface area contributed by atoms with Crippen LogP contribution in [0.4, 0.5) is 17.1 Å². The lowest BCUT2D eigenvalue weighted by molar-refractivity contribution is -0.393. The van der Waals surface area contributed by atoms with Crippen LogP contribution in [0.15, 0.2) is 18.2 Å². The standard InChI is InChI=1S/C6H4N3O5/c10-7-5-2-1-4(8(11)12)3-6(5)9(13)14/h1-3,7H/q-1. The van der Waals surface area contributed by atoms with Crippen LogP contribution in [0.5, 0.6) is 0 Å². The second-order valence-corrected chi connectivity index (χ2v) is 2.32. The zero-order valence-electron chi connectivity index (χ0n) is 6.67. The quantitative estimate of drug-likeness (QED) is 0.578. The van der Waals surface area contributed by atoms with Crippen molar-refractivity contribution in [2.24, 2.45) is 0 Å². The topological polar surface area (TPSA) is 121 Å². The lowest BCUT2D eigenvalue weighted by Crippen LogP contribution is -1.97. The highest BCUT2D eigenvalue weighted by Crippen LogP contribution is 2.28. The van der Waals surface area contributed by atoms with E-state index in [1.807, 2.05) is 0 Å². The summed E-state index contributed by atoms with van der Waals surface area (Å²) in [6.45, 7) is 0. The number of hydrogen-bond donors (Lipinski definition) is 1. The minimum Gasteiger partial charge on any atom is -0.761 e. The Hall–Kier alpha value is -2.22. The molecule has 0 fully saturated rings. The van der Waals surface area contributed by atoms with Crippen LogP contribution >= 0.6 is 0 Å². The van der Waals surface area contributed by atoms with Gasteiger partial charge in [-0.25, -0.2) is 0 Å². The van der Waals surface area contributed by atoms with E-state index in [1.54, 1.807) is 0 Å². The van der Waals surface area contributed by atoms with Gasteiger partial charge in [-0.15, -0.1) is 0 Å². The number of nitrogens with zero attached hydrogens (tertiary/aromatic N) is 2. The Kier molecular flexibility index (Phi) is 2.58. The van der Waals surface area contributed by atoms with Crippen LogP contribution < -0.4 is 5.48 Å². The molecule has 0 heterocycles. The maximum atomic E-state index is 10.4. The molecular formula is C6H4N3O5-. The van der Waals surface area contributed by atoms with Gasteiger partial charge in [-0.1, -0.05) is 0 Å². The highest BCUT2D eigenvalue weighted by atomic mass is 16.6. The van der Waals surface area contributed by atoms with Crippen molar-refractivity contribution in [2.45, 2.75) is 0 Å². The van der Waals surface area contributed by atoms with Crippen LogP contribution in [0.25, 0.3) is 0 Å². The van der Waals surface area contributed by atoms with Gasteiger partial charge in [-0.05, 0) is 6.07 Å². The Bertz CT molecular complexity index is 391. The van der Waals surface area contributed by atoms with Gasteiger partial charge in [0, 0.05) is 6.07 Å². The maximum Gasteiger partial charge on any atom is 0.298 e. The summed E-state index contributed by atoms with van der Waals surface area (Å²) in [5.41, 5.74) is -0.0272. The molecule has 8 heteroatoms. The smallest absolute Gasteiger partial charge is 0.298 e. The summed E-state index contributed by atoms with van der Waals surface area (Å²) in [5.74, 6) is 0. The van der Waals surface area contributed by atoms with Crippen LogP contribution in [-0.2, 0) is 0 Å². The molecule has 0 aliphatic rings. The summed E-state index contributed by atoms with van der Waals surface area (Å²) in [4.78, 5) is 19.0. The van der Waals surface area contributed by atoms with Crippen molar-refractivity contribution in [3.63, 3.8) is 0 Å². The number of hydrogen-bond acceptors (Lipinski definition) is 6. The molecule has 0 aliphatic heterocycles. The number of nitro benzene ring substituents is 2.